The lowest BCUT2D eigenvalue weighted by Gasteiger charge is -2.33. The Morgan fingerprint density at radius 1 is 0.969 bits per heavy atom. The van der Waals surface area contributed by atoms with E-state index in [-0.39, 0.29) is 22.5 Å². The Hall–Kier alpha value is -3.18. The first-order valence-electron chi connectivity index (χ1n) is 11.6. The van der Waals surface area contributed by atoms with Gasteiger partial charge in [0.15, 0.2) is 0 Å². The van der Waals surface area contributed by atoms with Crippen LogP contribution in [0.5, 0.6) is 0 Å². The molecule has 0 aliphatic carbocycles. The predicted octanol–water partition coefficient (Wildman–Crippen LogP) is 5.95. The predicted molar refractivity (Wildman–Crippen MR) is 128 cm³/mol. The molecule has 0 spiro atoms. The van der Waals surface area contributed by atoms with Crippen LogP contribution in [0.15, 0.2) is 79.1 Å². The van der Waals surface area contributed by atoms with Crippen LogP contribution in [0, 0.1) is 0 Å². The molecule has 3 aromatic rings. The van der Waals surface area contributed by atoms with Gasteiger partial charge in [-0.25, -0.2) is 9.59 Å². The number of imide groups is 1. The summed E-state index contributed by atoms with van der Waals surface area (Å²) in [6.45, 7) is 2.61. The van der Waals surface area contributed by atoms with Gasteiger partial charge < -0.3 is 4.57 Å². The smallest absolute Gasteiger partial charge is 0.322 e. The number of rotatable bonds is 7. The second kappa shape index (κ2) is 9.96. The van der Waals surface area contributed by atoms with Crippen LogP contribution in [0.3, 0.4) is 0 Å². The molecule has 1 aromatic heterocycles. The van der Waals surface area contributed by atoms with Gasteiger partial charge in [-0.15, -0.1) is 0 Å². The molecule has 2 atom stereocenters. The zero-order chi connectivity index (χ0) is 22.4. The van der Waals surface area contributed by atoms with Gasteiger partial charge in [0, 0.05) is 25.2 Å². The Kier molecular flexibility index (Phi) is 6.86. The van der Waals surface area contributed by atoms with Crippen molar-refractivity contribution in [3.05, 3.63) is 84.7 Å². The molecule has 2 aromatic carbocycles. The highest BCUT2D eigenvalue weighted by atomic mass is 16.2. The summed E-state index contributed by atoms with van der Waals surface area (Å²) in [6, 6.07) is 21.8. The Bertz CT molecular complexity index is 1050. The quantitative estimate of drug-likeness (QED) is 0.372. The van der Waals surface area contributed by atoms with Gasteiger partial charge in [-0.1, -0.05) is 42.5 Å². The SMILES string of the molecule is C[C@@H]1CCC[N+]1(C(=O)CCCCc1ccccc1)C(=O)Nc1ccccc1-n1cccc1. The highest BCUT2D eigenvalue weighted by molar-refractivity contribution is 5.94. The third-order valence-electron chi connectivity index (χ3n) is 6.67. The van der Waals surface area contributed by atoms with Crippen molar-refractivity contribution in [1.29, 1.82) is 0 Å². The number of carbonyl (C=O) groups excluding carboxylic acids is 2. The van der Waals surface area contributed by atoms with E-state index < -0.39 is 0 Å². The molecule has 0 radical (unpaired) electrons. The van der Waals surface area contributed by atoms with Crippen molar-refractivity contribution in [1.82, 2.24) is 4.57 Å². The number of benzene rings is 2. The molecule has 5 nitrogen and oxygen atoms in total. The molecule has 0 bridgehead atoms. The van der Waals surface area contributed by atoms with Crippen molar-refractivity contribution < 1.29 is 14.1 Å². The summed E-state index contributed by atoms with van der Waals surface area (Å²) >= 11 is 0. The fourth-order valence-corrected chi connectivity index (χ4v) is 4.83. The summed E-state index contributed by atoms with van der Waals surface area (Å²) in [5, 5.41) is 3.10. The van der Waals surface area contributed by atoms with Crippen LogP contribution in [0.1, 0.15) is 44.6 Å². The number of quaternary nitrogens is 1. The van der Waals surface area contributed by atoms with E-state index in [1.165, 1.54) is 5.56 Å². The van der Waals surface area contributed by atoms with Gasteiger partial charge in [0.05, 0.1) is 24.3 Å². The van der Waals surface area contributed by atoms with Gasteiger partial charge in [-0.2, -0.15) is 4.48 Å². The third kappa shape index (κ3) is 4.53. The Balaban J connectivity index is 1.46. The lowest BCUT2D eigenvalue weighted by atomic mass is 10.1. The minimum Gasteiger partial charge on any atom is -0.322 e. The second-order valence-electron chi connectivity index (χ2n) is 8.71. The largest absolute Gasteiger partial charge is 0.428 e. The fraction of sp³-hybridized carbons (Fsp3) is 0.333. The first-order valence-corrected chi connectivity index (χ1v) is 11.6. The zero-order valence-corrected chi connectivity index (χ0v) is 18.7. The molecule has 1 fully saturated rings. The molecule has 0 saturated carbocycles. The number of anilines is 1. The summed E-state index contributed by atoms with van der Waals surface area (Å²) in [6.07, 6.45) is 8.82. The van der Waals surface area contributed by atoms with Crippen LogP contribution in [0.4, 0.5) is 10.5 Å². The number of amides is 3. The second-order valence-corrected chi connectivity index (χ2v) is 8.71. The summed E-state index contributed by atoms with van der Waals surface area (Å²) in [5.74, 6) is 0.0407. The monoisotopic (exact) mass is 430 g/mol. The molecule has 5 heteroatoms. The van der Waals surface area contributed by atoms with Crippen LogP contribution in [0.25, 0.3) is 5.69 Å². The van der Waals surface area contributed by atoms with E-state index in [0.29, 0.717) is 13.0 Å². The Morgan fingerprint density at radius 2 is 1.69 bits per heavy atom. The molecule has 3 amide bonds. The average molecular weight is 431 g/mol. The van der Waals surface area contributed by atoms with E-state index in [1.54, 1.807) is 0 Å². The Morgan fingerprint density at radius 3 is 2.41 bits per heavy atom. The molecule has 32 heavy (non-hydrogen) atoms. The van der Waals surface area contributed by atoms with E-state index >= 15 is 0 Å². The molecule has 1 N–H and O–H groups in total. The first-order chi connectivity index (χ1) is 15.6. The van der Waals surface area contributed by atoms with Gasteiger partial charge in [0.1, 0.15) is 6.04 Å². The van der Waals surface area contributed by atoms with Gasteiger partial charge >= 0.3 is 11.9 Å². The van der Waals surface area contributed by atoms with Crippen molar-refractivity contribution in [2.75, 3.05) is 11.9 Å². The van der Waals surface area contributed by atoms with Gasteiger partial charge in [-0.3, -0.25) is 5.32 Å². The number of carbonyl (C=O) groups is 2. The minimum atomic E-state index is -0.206. The number of nitrogens with one attached hydrogen (secondary N) is 1. The molecule has 1 aliphatic rings. The maximum atomic E-state index is 13.6. The van der Waals surface area contributed by atoms with Gasteiger partial charge in [-0.05, 0) is 56.0 Å². The molecule has 2 heterocycles. The number of aryl methyl sites for hydroxylation is 1. The number of hydrogen-bond donors (Lipinski definition) is 1. The van der Waals surface area contributed by atoms with Crippen LogP contribution < -0.4 is 5.32 Å². The fourth-order valence-electron chi connectivity index (χ4n) is 4.83. The normalized spacial score (nSPS) is 20.2. The Labute approximate surface area is 190 Å². The van der Waals surface area contributed by atoms with E-state index in [4.69, 9.17) is 0 Å². The van der Waals surface area contributed by atoms with Crippen molar-refractivity contribution in [3.8, 4) is 5.69 Å². The standard InChI is InChI=1S/C27H31N3O2/c1-22-12-11-21-30(22,26(31)18-8-5-15-23-13-3-2-4-14-23)27(32)28-24-16-6-7-17-25(24)29-19-9-10-20-29/h2-4,6-7,9-10,13-14,16-17,19-20,22H,5,8,11-12,15,18,21H2,1H3/p+1/t22-,30?/m1/s1. The molecule has 4 rings (SSSR count). The average Bonchev–Trinajstić information content (AvgIpc) is 3.48. The number of nitrogens with zero attached hydrogens (tertiary/aromatic N) is 2. The lowest BCUT2D eigenvalue weighted by Crippen LogP contribution is -2.60. The topological polar surface area (TPSA) is 51.1 Å². The van der Waals surface area contributed by atoms with Gasteiger partial charge in [0.2, 0.25) is 0 Å². The third-order valence-corrected chi connectivity index (χ3v) is 6.67. The summed E-state index contributed by atoms with van der Waals surface area (Å²) < 4.78 is 1.88. The maximum absolute atomic E-state index is 13.6. The highest BCUT2D eigenvalue weighted by Gasteiger charge is 2.51. The van der Waals surface area contributed by atoms with E-state index in [0.717, 1.165) is 43.5 Å². The van der Waals surface area contributed by atoms with Crippen LogP contribution in [-0.4, -0.2) is 33.6 Å². The molecule has 1 aliphatic heterocycles. The van der Waals surface area contributed by atoms with Crippen LogP contribution in [0.2, 0.25) is 0 Å². The summed E-state index contributed by atoms with van der Waals surface area (Å²) in [5.41, 5.74) is 2.91. The van der Waals surface area contributed by atoms with Crippen molar-refractivity contribution in [2.45, 2.75) is 51.5 Å². The molecule has 166 valence electrons. The molecule has 1 saturated heterocycles. The van der Waals surface area contributed by atoms with E-state index in [2.05, 4.69) is 17.4 Å². The lowest BCUT2D eigenvalue weighted by molar-refractivity contribution is -0.782. The number of para-hydroxylation sites is 2. The van der Waals surface area contributed by atoms with Crippen molar-refractivity contribution in [2.24, 2.45) is 0 Å². The molecular weight excluding hydrogens is 398 g/mol. The number of unbranched alkanes of at least 4 members (excludes halogenated alkanes) is 1. The minimum absolute atomic E-state index is 0.00429. The zero-order valence-electron chi connectivity index (χ0n) is 18.7. The van der Waals surface area contributed by atoms with Crippen molar-refractivity contribution >= 4 is 17.6 Å². The summed E-state index contributed by atoms with van der Waals surface area (Å²) in [4.78, 5) is 27.0. The van der Waals surface area contributed by atoms with E-state index in [9.17, 15) is 9.59 Å². The number of hydrogen-bond acceptors (Lipinski definition) is 2. The highest BCUT2D eigenvalue weighted by Crippen LogP contribution is 2.31. The maximum Gasteiger partial charge on any atom is 0.428 e. The number of urea groups is 1. The number of likely N-dealkylation sites (tertiary alicyclic amines) is 1. The molecular formula is C27H32N3O2+. The van der Waals surface area contributed by atoms with Crippen LogP contribution in [-0.2, 0) is 11.2 Å². The van der Waals surface area contributed by atoms with Crippen molar-refractivity contribution in [3.63, 3.8) is 0 Å². The first kappa shape index (κ1) is 22.0. The summed E-state index contributed by atoms with van der Waals surface area (Å²) in [7, 11) is 0. The van der Waals surface area contributed by atoms with Crippen LogP contribution >= 0.6 is 0 Å². The molecule has 1 unspecified atom stereocenters. The number of aromatic nitrogens is 1. The van der Waals surface area contributed by atoms with Gasteiger partial charge in [0.25, 0.3) is 0 Å². The van der Waals surface area contributed by atoms with E-state index in [1.807, 2.05) is 78.5 Å².